The molecule has 5 nitrogen and oxygen atoms in total. The van der Waals surface area contributed by atoms with Crippen molar-refractivity contribution >= 4 is 18.0 Å². The van der Waals surface area contributed by atoms with E-state index < -0.39 is 35.0 Å². The van der Waals surface area contributed by atoms with Gasteiger partial charge in [-0.1, -0.05) is 24.3 Å². The Morgan fingerprint density at radius 2 is 1.60 bits per heavy atom. The average Bonchev–Trinajstić information content (AvgIpc) is 2.71. The van der Waals surface area contributed by atoms with Crippen molar-refractivity contribution in [1.82, 2.24) is 5.32 Å². The number of hydrogen-bond acceptors (Lipinski definition) is 3. The summed E-state index contributed by atoms with van der Waals surface area (Å²) in [7, 11) is 0. The second kappa shape index (κ2) is 8.95. The number of para-hydroxylation sites is 1. The maximum atomic E-state index is 14.3. The zero-order valence-corrected chi connectivity index (χ0v) is 15.2. The normalized spacial score (nSPS) is 11.1. The van der Waals surface area contributed by atoms with Crippen LogP contribution in [0, 0.1) is 17.5 Å². The largest absolute Gasteiger partial charge is 0.477 e. The highest BCUT2D eigenvalue weighted by molar-refractivity contribution is 6.02. The van der Waals surface area contributed by atoms with Crippen molar-refractivity contribution in [2.75, 3.05) is 0 Å². The Kier molecular flexibility index (Phi) is 6.17. The molecule has 0 unspecified atom stereocenters. The van der Waals surface area contributed by atoms with Gasteiger partial charge in [0.1, 0.15) is 11.5 Å². The van der Waals surface area contributed by atoms with Crippen molar-refractivity contribution < 1.29 is 32.6 Å². The topological polar surface area (TPSA) is 75.6 Å². The summed E-state index contributed by atoms with van der Waals surface area (Å²) in [6, 6.07) is 13.7. The molecule has 0 aromatic heterocycles. The van der Waals surface area contributed by atoms with E-state index in [9.17, 15) is 27.9 Å². The number of carbonyl (C=O) groups is 2. The summed E-state index contributed by atoms with van der Waals surface area (Å²) in [5.41, 5.74) is -0.529. The monoisotopic (exact) mass is 413 g/mol. The van der Waals surface area contributed by atoms with Crippen molar-refractivity contribution in [3.8, 4) is 11.5 Å². The number of benzene rings is 3. The minimum atomic E-state index is -1.48. The van der Waals surface area contributed by atoms with Crippen LogP contribution in [0.4, 0.5) is 13.2 Å². The Morgan fingerprint density at radius 1 is 0.867 bits per heavy atom. The molecule has 0 radical (unpaired) electrons. The third kappa shape index (κ3) is 5.05. The van der Waals surface area contributed by atoms with E-state index >= 15 is 0 Å². The molecule has 152 valence electrons. The fourth-order valence-electron chi connectivity index (χ4n) is 2.48. The van der Waals surface area contributed by atoms with E-state index in [4.69, 9.17) is 4.74 Å². The second-order valence-electron chi connectivity index (χ2n) is 6.05. The van der Waals surface area contributed by atoms with Gasteiger partial charge in [0.2, 0.25) is 0 Å². The van der Waals surface area contributed by atoms with Crippen LogP contribution in [-0.2, 0) is 4.79 Å². The van der Waals surface area contributed by atoms with Crippen LogP contribution in [0.15, 0.2) is 72.4 Å². The van der Waals surface area contributed by atoms with Crippen LogP contribution in [0.1, 0.15) is 15.9 Å². The van der Waals surface area contributed by atoms with Crippen LogP contribution >= 0.6 is 0 Å². The Balaban J connectivity index is 1.82. The molecule has 1 amide bonds. The molecular weight excluding hydrogens is 399 g/mol. The van der Waals surface area contributed by atoms with Gasteiger partial charge in [-0.25, -0.2) is 18.0 Å². The number of nitrogens with one attached hydrogen (secondary N) is 1. The SMILES string of the molecule is O=C(O)/C(=C\c1ccc(Oc2ccccc2F)c(F)c1)NC(=O)c1cccc(F)c1. The van der Waals surface area contributed by atoms with Crippen molar-refractivity contribution in [2.24, 2.45) is 0 Å². The lowest BCUT2D eigenvalue weighted by Crippen LogP contribution is -2.27. The summed E-state index contributed by atoms with van der Waals surface area (Å²) < 4.78 is 46.4. The van der Waals surface area contributed by atoms with Gasteiger partial charge < -0.3 is 15.2 Å². The van der Waals surface area contributed by atoms with E-state index in [0.717, 1.165) is 30.3 Å². The first-order valence-electron chi connectivity index (χ1n) is 8.57. The molecule has 3 aromatic rings. The third-order valence-electron chi connectivity index (χ3n) is 3.89. The zero-order valence-electron chi connectivity index (χ0n) is 15.2. The number of aliphatic carboxylic acids is 1. The number of hydrogen-bond donors (Lipinski definition) is 2. The first-order chi connectivity index (χ1) is 14.3. The highest BCUT2D eigenvalue weighted by Crippen LogP contribution is 2.27. The molecule has 0 saturated heterocycles. The van der Waals surface area contributed by atoms with Gasteiger partial charge in [-0.2, -0.15) is 0 Å². The van der Waals surface area contributed by atoms with Gasteiger partial charge in [-0.15, -0.1) is 0 Å². The maximum Gasteiger partial charge on any atom is 0.352 e. The lowest BCUT2D eigenvalue weighted by Gasteiger charge is -2.09. The number of halogens is 3. The zero-order chi connectivity index (χ0) is 21.7. The lowest BCUT2D eigenvalue weighted by atomic mass is 10.1. The van der Waals surface area contributed by atoms with Crippen LogP contribution in [0.5, 0.6) is 11.5 Å². The highest BCUT2D eigenvalue weighted by atomic mass is 19.1. The van der Waals surface area contributed by atoms with Gasteiger partial charge in [0, 0.05) is 5.56 Å². The minimum Gasteiger partial charge on any atom is -0.477 e. The predicted octanol–water partition coefficient (Wildman–Crippen LogP) is 4.75. The quantitative estimate of drug-likeness (QED) is 0.572. The molecule has 30 heavy (non-hydrogen) atoms. The molecule has 3 aromatic carbocycles. The van der Waals surface area contributed by atoms with Crippen LogP contribution in [0.3, 0.4) is 0 Å². The molecule has 3 rings (SSSR count). The van der Waals surface area contributed by atoms with Crippen LogP contribution < -0.4 is 10.1 Å². The van der Waals surface area contributed by atoms with Gasteiger partial charge in [0.15, 0.2) is 23.1 Å². The van der Waals surface area contributed by atoms with Crippen molar-refractivity contribution in [2.45, 2.75) is 0 Å². The van der Waals surface area contributed by atoms with Crippen LogP contribution in [-0.4, -0.2) is 17.0 Å². The molecule has 0 atom stereocenters. The first kappa shape index (κ1) is 20.7. The number of carboxylic acids is 1. The molecule has 0 bridgehead atoms. The van der Waals surface area contributed by atoms with Gasteiger partial charge in [-0.3, -0.25) is 4.79 Å². The van der Waals surface area contributed by atoms with Crippen molar-refractivity contribution in [3.63, 3.8) is 0 Å². The molecule has 0 aliphatic carbocycles. The smallest absolute Gasteiger partial charge is 0.352 e. The maximum absolute atomic E-state index is 14.3. The molecular formula is C22H14F3NO4. The Labute approximate surface area is 169 Å². The summed E-state index contributed by atoms with van der Waals surface area (Å²) in [4.78, 5) is 23.6. The van der Waals surface area contributed by atoms with E-state index in [-0.39, 0.29) is 22.6 Å². The third-order valence-corrected chi connectivity index (χ3v) is 3.89. The van der Waals surface area contributed by atoms with Gasteiger partial charge in [0.25, 0.3) is 5.91 Å². The molecule has 2 N–H and O–H groups in total. The van der Waals surface area contributed by atoms with Gasteiger partial charge in [-0.05, 0) is 54.1 Å². The van der Waals surface area contributed by atoms with E-state index in [1.165, 1.54) is 42.5 Å². The van der Waals surface area contributed by atoms with Gasteiger partial charge in [0.05, 0.1) is 0 Å². The molecule has 0 saturated carbocycles. The van der Waals surface area contributed by atoms with Crippen molar-refractivity contribution in [3.05, 3.63) is 101 Å². The molecule has 0 aliphatic heterocycles. The summed E-state index contributed by atoms with van der Waals surface area (Å²) in [5, 5.41) is 11.5. The van der Waals surface area contributed by atoms with Crippen molar-refractivity contribution in [1.29, 1.82) is 0 Å². The predicted molar refractivity (Wildman–Crippen MR) is 102 cm³/mol. The minimum absolute atomic E-state index is 0.0815. The summed E-state index contributed by atoms with van der Waals surface area (Å²) >= 11 is 0. The average molecular weight is 413 g/mol. The molecule has 0 heterocycles. The molecule has 0 fully saturated rings. The number of amides is 1. The second-order valence-corrected chi connectivity index (χ2v) is 6.05. The fraction of sp³-hybridized carbons (Fsp3) is 0. The lowest BCUT2D eigenvalue weighted by molar-refractivity contribution is -0.132. The van der Waals surface area contributed by atoms with Gasteiger partial charge >= 0.3 is 5.97 Å². The van der Waals surface area contributed by atoms with E-state index in [0.29, 0.717) is 0 Å². The summed E-state index contributed by atoms with van der Waals surface area (Å²) in [5.74, 6) is -4.96. The molecule has 0 spiro atoms. The fourth-order valence-corrected chi connectivity index (χ4v) is 2.48. The van der Waals surface area contributed by atoms with E-state index in [2.05, 4.69) is 5.32 Å². The van der Waals surface area contributed by atoms with E-state index in [1.54, 1.807) is 0 Å². The molecule has 0 aliphatic rings. The Hall–Kier alpha value is -4.07. The standard InChI is InChI=1S/C22H14F3NO4/c23-15-5-3-4-14(12-15)21(27)26-18(22(28)29)11-13-8-9-20(17(25)10-13)30-19-7-2-1-6-16(19)24/h1-12H,(H,26,27)(H,28,29)/b18-11+. The highest BCUT2D eigenvalue weighted by Gasteiger charge is 2.15. The van der Waals surface area contributed by atoms with E-state index in [1.807, 2.05) is 0 Å². The Morgan fingerprint density at radius 3 is 2.27 bits per heavy atom. The number of ether oxygens (including phenoxy) is 1. The number of rotatable bonds is 6. The number of carbonyl (C=O) groups excluding carboxylic acids is 1. The first-order valence-corrected chi connectivity index (χ1v) is 8.57. The van der Waals surface area contributed by atoms with Crippen LogP contribution in [0.25, 0.3) is 6.08 Å². The summed E-state index contributed by atoms with van der Waals surface area (Å²) in [6.45, 7) is 0. The van der Waals surface area contributed by atoms with Crippen LogP contribution in [0.2, 0.25) is 0 Å². The number of carboxylic acid groups (broad SMARTS) is 1. The molecule has 8 heteroatoms. The Bertz CT molecular complexity index is 1140. The summed E-state index contributed by atoms with van der Waals surface area (Å²) in [6.07, 6.45) is 1.02.